The van der Waals surface area contributed by atoms with Gasteiger partial charge in [-0.15, -0.1) is 0 Å². The molecule has 1 aliphatic rings. The standard InChI is InChI=1S/C20H20ClNO4/c1-3-26-19(24)20(10-11-20)13-4-7-15(8-5-13)22-18(23)16-12-14(21)6-9-17(16)25-2/h4-9,12H,3,10-11H2,1-2H3,(H,22,23). The fourth-order valence-corrected chi connectivity index (χ4v) is 3.11. The molecule has 6 heteroatoms. The maximum atomic E-state index is 12.5. The first-order chi connectivity index (χ1) is 12.5. The van der Waals surface area contributed by atoms with Crippen molar-refractivity contribution >= 4 is 29.2 Å². The monoisotopic (exact) mass is 373 g/mol. The van der Waals surface area contributed by atoms with E-state index in [1.165, 1.54) is 7.11 Å². The van der Waals surface area contributed by atoms with E-state index < -0.39 is 5.41 Å². The Kier molecular flexibility index (Phi) is 5.18. The molecule has 0 saturated heterocycles. The number of methoxy groups -OCH3 is 1. The highest BCUT2D eigenvalue weighted by Crippen LogP contribution is 2.49. The average molecular weight is 374 g/mol. The van der Waals surface area contributed by atoms with Gasteiger partial charge in [-0.25, -0.2) is 0 Å². The van der Waals surface area contributed by atoms with Crippen molar-refractivity contribution in [3.05, 3.63) is 58.6 Å². The number of carbonyl (C=O) groups excluding carboxylic acids is 2. The van der Waals surface area contributed by atoms with Crippen LogP contribution in [0.2, 0.25) is 5.02 Å². The molecule has 2 aromatic carbocycles. The van der Waals surface area contributed by atoms with Crippen LogP contribution in [-0.4, -0.2) is 25.6 Å². The Hall–Kier alpha value is -2.53. The molecular weight excluding hydrogens is 354 g/mol. The lowest BCUT2D eigenvalue weighted by atomic mass is 9.96. The summed E-state index contributed by atoms with van der Waals surface area (Å²) >= 11 is 5.97. The molecule has 0 aliphatic heterocycles. The molecule has 0 aromatic heterocycles. The number of amides is 1. The molecule has 0 heterocycles. The molecule has 136 valence electrons. The third-order valence-electron chi connectivity index (χ3n) is 4.52. The van der Waals surface area contributed by atoms with Gasteiger partial charge in [-0.05, 0) is 55.7 Å². The molecule has 1 N–H and O–H groups in total. The zero-order chi connectivity index (χ0) is 18.7. The van der Waals surface area contributed by atoms with Crippen molar-refractivity contribution in [2.75, 3.05) is 19.0 Å². The second-order valence-electron chi connectivity index (χ2n) is 6.18. The summed E-state index contributed by atoms with van der Waals surface area (Å²) < 4.78 is 10.4. The third kappa shape index (κ3) is 3.53. The van der Waals surface area contributed by atoms with E-state index in [1.54, 1.807) is 37.3 Å². The highest BCUT2D eigenvalue weighted by Gasteiger charge is 2.52. The molecule has 0 atom stereocenters. The van der Waals surface area contributed by atoms with Crippen molar-refractivity contribution in [2.45, 2.75) is 25.2 Å². The largest absolute Gasteiger partial charge is 0.496 e. The van der Waals surface area contributed by atoms with Gasteiger partial charge in [0.2, 0.25) is 0 Å². The minimum absolute atomic E-state index is 0.180. The first-order valence-corrected chi connectivity index (χ1v) is 8.80. The Morgan fingerprint density at radius 2 is 1.85 bits per heavy atom. The Balaban J connectivity index is 1.75. The quantitative estimate of drug-likeness (QED) is 0.771. The van der Waals surface area contributed by atoms with Gasteiger partial charge in [-0.3, -0.25) is 9.59 Å². The van der Waals surface area contributed by atoms with Crippen LogP contribution in [-0.2, 0) is 14.9 Å². The summed E-state index contributed by atoms with van der Waals surface area (Å²) in [6.07, 6.45) is 1.58. The first kappa shape index (κ1) is 18.3. The van der Waals surface area contributed by atoms with E-state index in [2.05, 4.69) is 5.32 Å². The molecule has 1 fully saturated rings. The van der Waals surface area contributed by atoms with Gasteiger partial charge in [0, 0.05) is 10.7 Å². The van der Waals surface area contributed by atoms with Gasteiger partial charge >= 0.3 is 5.97 Å². The van der Waals surface area contributed by atoms with Crippen LogP contribution >= 0.6 is 11.6 Å². The maximum Gasteiger partial charge on any atom is 0.316 e. The van der Waals surface area contributed by atoms with E-state index in [-0.39, 0.29) is 11.9 Å². The van der Waals surface area contributed by atoms with Crippen molar-refractivity contribution in [1.82, 2.24) is 0 Å². The number of hydrogen-bond donors (Lipinski definition) is 1. The zero-order valence-corrected chi connectivity index (χ0v) is 15.4. The molecule has 5 nitrogen and oxygen atoms in total. The van der Waals surface area contributed by atoms with Crippen LogP contribution in [0.15, 0.2) is 42.5 Å². The van der Waals surface area contributed by atoms with Gasteiger partial charge in [0.15, 0.2) is 0 Å². The molecule has 1 saturated carbocycles. The van der Waals surface area contributed by atoms with Crippen LogP contribution in [0.1, 0.15) is 35.7 Å². The van der Waals surface area contributed by atoms with Crippen LogP contribution in [0.25, 0.3) is 0 Å². The summed E-state index contributed by atoms with van der Waals surface area (Å²) in [5.41, 5.74) is 1.37. The molecule has 3 rings (SSSR count). The van der Waals surface area contributed by atoms with Crippen LogP contribution in [0, 0.1) is 0 Å². The van der Waals surface area contributed by atoms with Gasteiger partial charge < -0.3 is 14.8 Å². The lowest BCUT2D eigenvalue weighted by Gasteiger charge is -2.15. The smallest absolute Gasteiger partial charge is 0.316 e. The zero-order valence-electron chi connectivity index (χ0n) is 14.7. The number of nitrogens with one attached hydrogen (secondary N) is 1. The lowest BCUT2D eigenvalue weighted by molar-refractivity contribution is -0.146. The molecule has 1 amide bonds. The summed E-state index contributed by atoms with van der Waals surface area (Å²) in [5.74, 6) is -0.0492. The van der Waals surface area contributed by atoms with Crippen LogP contribution < -0.4 is 10.1 Å². The Labute approximate surface area is 157 Å². The Bertz CT molecular complexity index is 828. The van der Waals surface area contributed by atoms with Gasteiger partial charge in [-0.1, -0.05) is 23.7 Å². The summed E-state index contributed by atoms with van der Waals surface area (Å²) in [6, 6.07) is 12.1. The number of esters is 1. The predicted octanol–water partition coefficient (Wildman–Crippen LogP) is 4.20. The summed E-state index contributed by atoms with van der Waals surface area (Å²) in [6.45, 7) is 2.17. The molecule has 2 aromatic rings. The molecule has 0 bridgehead atoms. The van der Waals surface area contributed by atoms with Gasteiger partial charge in [0.1, 0.15) is 5.75 Å². The predicted molar refractivity (Wildman–Crippen MR) is 99.9 cm³/mol. The minimum Gasteiger partial charge on any atom is -0.496 e. The van der Waals surface area contributed by atoms with Gasteiger partial charge in [0.05, 0.1) is 24.7 Å². The van der Waals surface area contributed by atoms with E-state index in [0.717, 1.165) is 18.4 Å². The topological polar surface area (TPSA) is 64.6 Å². The number of rotatable bonds is 6. The third-order valence-corrected chi connectivity index (χ3v) is 4.75. The Morgan fingerprint density at radius 3 is 2.42 bits per heavy atom. The average Bonchev–Trinajstić information content (AvgIpc) is 3.44. The van der Waals surface area contributed by atoms with E-state index in [4.69, 9.17) is 21.1 Å². The molecular formula is C20H20ClNO4. The summed E-state index contributed by atoms with van der Waals surface area (Å²) in [7, 11) is 1.50. The van der Waals surface area contributed by atoms with Gasteiger partial charge in [0.25, 0.3) is 5.91 Å². The molecule has 0 unspecified atom stereocenters. The van der Waals surface area contributed by atoms with Crippen LogP contribution in [0.3, 0.4) is 0 Å². The first-order valence-electron chi connectivity index (χ1n) is 8.43. The highest BCUT2D eigenvalue weighted by atomic mass is 35.5. The van der Waals surface area contributed by atoms with Crippen molar-refractivity contribution < 1.29 is 19.1 Å². The second kappa shape index (κ2) is 7.38. The number of benzene rings is 2. The van der Waals surface area contributed by atoms with Crippen molar-refractivity contribution in [3.8, 4) is 5.75 Å². The maximum absolute atomic E-state index is 12.5. The SMILES string of the molecule is CCOC(=O)C1(c2ccc(NC(=O)c3cc(Cl)ccc3OC)cc2)CC1. The molecule has 1 aliphatic carbocycles. The second-order valence-corrected chi connectivity index (χ2v) is 6.62. The number of carbonyl (C=O) groups is 2. The molecule has 0 spiro atoms. The molecule has 26 heavy (non-hydrogen) atoms. The number of hydrogen-bond acceptors (Lipinski definition) is 4. The number of anilines is 1. The summed E-state index contributed by atoms with van der Waals surface area (Å²) in [4.78, 5) is 24.7. The summed E-state index contributed by atoms with van der Waals surface area (Å²) in [5, 5.41) is 3.27. The molecule has 0 radical (unpaired) electrons. The van der Waals surface area contributed by atoms with Crippen LogP contribution in [0.4, 0.5) is 5.69 Å². The van der Waals surface area contributed by atoms with E-state index in [9.17, 15) is 9.59 Å². The Morgan fingerprint density at radius 1 is 1.15 bits per heavy atom. The van der Waals surface area contributed by atoms with Crippen LogP contribution in [0.5, 0.6) is 5.75 Å². The van der Waals surface area contributed by atoms with E-state index >= 15 is 0 Å². The lowest BCUT2D eigenvalue weighted by Crippen LogP contribution is -2.23. The van der Waals surface area contributed by atoms with E-state index in [0.29, 0.717) is 28.6 Å². The van der Waals surface area contributed by atoms with Crippen molar-refractivity contribution in [1.29, 1.82) is 0 Å². The number of halogens is 1. The highest BCUT2D eigenvalue weighted by molar-refractivity contribution is 6.31. The number of ether oxygens (including phenoxy) is 2. The minimum atomic E-state index is -0.519. The van der Waals surface area contributed by atoms with E-state index in [1.807, 2.05) is 12.1 Å². The van der Waals surface area contributed by atoms with Crippen molar-refractivity contribution in [3.63, 3.8) is 0 Å². The fourth-order valence-electron chi connectivity index (χ4n) is 2.93. The normalized spacial score (nSPS) is 14.4. The van der Waals surface area contributed by atoms with Gasteiger partial charge in [-0.2, -0.15) is 0 Å². The van der Waals surface area contributed by atoms with Crippen molar-refractivity contribution in [2.24, 2.45) is 0 Å². The fraction of sp³-hybridized carbons (Fsp3) is 0.300.